The summed E-state index contributed by atoms with van der Waals surface area (Å²) in [6, 6.07) is 0. The molecule has 0 spiro atoms. The summed E-state index contributed by atoms with van der Waals surface area (Å²) in [4.78, 5) is 6.74. The number of hydrogen-bond acceptors (Lipinski definition) is 4. The van der Waals surface area contributed by atoms with Crippen molar-refractivity contribution in [1.82, 2.24) is 10.2 Å². The predicted octanol–water partition coefficient (Wildman–Crippen LogP) is 1.51. The topological polar surface area (TPSA) is 55.3 Å². The van der Waals surface area contributed by atoms with Gasteiger partial charge in [-0.1, -0.05) is 0 Å². The molecule has 6 heteroatoms. The van der Waals surface area contributed by atoms with Gasteiger partial charge in [0.05, 0.1) is 32.5 Å². The number of nitrogens with zero attached hydrogens (tertiary/aromatic N) is 2. The van der Waals surface area contributed by atoms with Gasteiger partial charge in [0.15, 0.2) is 5.96 Å². The Kier molecular flexibility index (Phi) is 8.71. The third-order valence-corrected chi connectivity index (χ3v) is 4.14. The van der Waals surface area contributed by atoms with Crippen LogP contribution in [0.4, 0.5) is 0 Å². The van der Waals surface area contributed by atoms with E-state index in [0.29, 0.717) is 25.9 Å². The van der Waals surface area contributed by atoms with Gasteiger partial charge in [-0.25, -0.2) is 0 Å². The van der Waals surface area contributed by atoms with Crippen molar-refractivity contribution in [3.63, 3.8) is 0 Å². The summed E-state index contributed by atoms with van der Waals surface area (Å²) >= 11 is 0. The van der Waals surface area contributed by atoms with Gasteiger partial charge in [0, 0.05) is 33.4 Å². The molecule has 2 rings (SSSR count). The van der Waals surface area contributed by atoms with Gasteiger partial charge in [0.25, 0.3) is 0 Å². The van der Waals surface area contributed by atoms with Crippen LogP contribution in [0.5, 0.6) is 0 Å². The number of aliphatic imine (C=N–C) groups is 1. The lowest BCUT2D eigenvalue weighted by atomic mass is 10.2. The van der Waals surface area contributed by atoms with Crippen molar-refractivity contribution in [2.75, 3.05) is 59.7 Å². The fourth-order valence-corrected chi connectivity index (χ4v) is 2.52. The molecule has 1 aliphatic carbocycles. The molecule has 2 fully saturated rings. The van der Waals surface area contributed by atoms with Gasteiger partial charge in [-0.2, -0.15) is 0 Å². The highest BCUT2D eigenvalue weighted by atomic mass is 16.5. The van der Waals surface area contributed by atoms with E-state index in [-0.39, 0.29) is 0 Å². The normalized spacial score (nSPS) is 21.7. The molecule has 1 N–H and O–H groups in total. The van der Waals surface area contributed by atoms with E-state index in [9.17, 15) is 0 Å². The Bertz CT molecular complexity index is 342. The van der Waals surface area contributed by atoms with Crippen molar-refractivity contribution >= 4 is 5.96 Å². The zero-order chi connectivity index (χ0) is 16.3. The lowest BCUT2D eigenvalue weighted by Crippen LogP contribution is -2.40. The van der Waals surface area contributed by atoms with E-state index in [2.05, 4.69) is 29.2 Å². The third kappa shape index (κ3) is 7.99. The molecule has 1 saturated heterocycles. The molecule has 1 aliphatic heterocycles. The maximum atomic E-state index is 5.69. The van der Waals surface area contributed by atoms with Crippen LogP contribution in [0.2, 0.25) is 0 Å². The number of guanidine groups is 1. The van der Waals surface area contributed by atoms with Crippen molar-refractivity contribution in [3.05, 3.63) is 0 Å². The molecule has 6 nitrogen and oxygen atoms in total. The largest absolute Gasteiger partial charge is 0.379 e. The first-order valence-corrected chi connectivity index (χ1v) is 9.06. The van der Waals surface area contributed by atoms with Gasteiger partial charge in [-0.15, -0.1) is 0 Å². The van der Waals surface area contributed by atoms with Gasteiger partial charge in [0.2, 0.25) is 0 Å². The average molecular weight is 327 g/mol. The van der Waals surface area contributed by atoms with Crippen LogP contribution in [-0.2, 0) is 14.2 Å². The second kappa shape index (κ2) is 10.8. The Hall–Kier alpha value is -0.850. The van der Waals surface area contributed by atoms with E-state index < -0.39 is 0 Å². The van der Waals surface area contributed by atoms with E-state index in [4.69, 9.17) is 14.2 Å². The fraction of sp³-hybridized carbons (Fsp3) is 0.941. The summed E-state index contributed by atoms with van der Waals surface area (Å²) in [5, 5.41) is 3.32. The molecule has 1 heterocycles. The molecule has 0 bridgehead atoms. The molecule has 1 unspecified atom stereocenters. The van der Waals surface area contributed by atoms with Crippen molar-refractivity contribution < 1.29 is 14.2 Å². The molecule has 0 aromatic heterocycles. The molecule has 1 saturated carbocycles. The molecular formula is C17H33N3O3. The van der Waals surface area contributed by atoms with Crippen LogP contribution < -0.4 is 5.32 Å². The predicted molar refractivity (Wildman–Crippen MR) is 91.9 cm³/mol. The van der Waals surface area contributed by atoms with Gasteiger partial charge in [-0.05, 0) is 38.5 Å². The quantitative estimate of drug-likeness (QED) is 0.354. The zero-order valence-corrected chi connectivity index (χ0v) is 14.8. The van der Waals surface area contributed by atoms with Crippen LogP contribution >= 0.6 is 0 Å². The maximum Gasteiger partial charge on any atom is 0.193 e. The number of ether oxygens (including phenoxy) is 3. The highest BCUT2D eigenvalue weighted by molar-refractivity contribution is 5.79. The Morgan fingerprint density at radius 3 is 2.74 bits per heavy atom. The summed E-state index contributed by atoms with van der Waals surface area (Å²) in [6.07, 6.45) is 5.25. The zero-order valence-electron chi connectivity index (χ0n) is 14.8. The van der Waals surface area contributed by atoms with Crippen LogP contribution in [0, 0.1) is 5.92 Å². The van der Waals surface area contributed by atoms with E-state index in [1.165, 1.54) is 12.8 Å². The second-order valence-corrected chi connectivity index (χ2v) is 6.39. The average Bonchev–Trinajstić information content (AvgIpc) is 3.23. The molecule has 0 radical (unpaired) electrons. The van der Waals surface area contributed by atoms with Crippen LogP contribution in [0.25, 0.3) is 0 Å². The van der Waals surface area contributed by atoms with E-state index in [0.717, 1.165) is 57.6 Å². The first-order valence-electron chi connectivity index (χ1n) is 9.06. The number of hydrogen-bond donors (Lipinski definition) is 1. The summed E-state index contributed by atoms with van der Waals surface area (Å²) in [7, 11) is 2.05. The van der Waals surface area contributed by atoms with Crippen LogP contribution in [-0.4, -0.2) is 76.7 Å². The van der Waals surface area contributed by atoms with Crippen molar-refractivity contribution in [3.8, 4) is 0 Å². The molecule has 0 aromatic carbocycles. The van der Waals surface area contributed by atoms with Gasteiger partial charge in [0.1, 0.15) is 0 Å². The molecule has 0 aromatic rings. The smallest absolute Gasteiger partial charge is 0.193 e. The minimum atomic E-state index is 0.290. The highest BCUT2D eigenvalue weighted by Crippen LogP contribution is 2.28. The number of rotatable bonds is 11. The van der Waals surface area contributed by atoms with Crippen LogP contribution in [0.1, 0.15) is 32.6 Å². The SMILES string of the molecule is CCNC(=NCCOCC1CCCO1)N(C)CCOCC1CC1. The van der Waals surface area contributed by atoms with Gasteiger partial charge >= 0.3 is 0 Å². The molecule has 0 amide bonds. The first kappa shape index (κ1) is 18.5. The molecule has 134 valence electrons. The third-order valence-electron chi connectivity index (χ3n) is 4.14. The minimum Gasteiger partial charge on any atom is -0.379 e. The molecule has 2 aliphatic rings. The van der Waals surface area contributed by atoms with Gasteiger partial charge < -0.3 is 24.4 Å². The fourth-order valence-electron chi connectivity index (χ4n) is 2.52. The summed E-state index contributed by atoms with van der Waals surface area (Å²) in [5.74, 6) is 1.74. The van der Waals surface area contributed by atoms with E-state index in [1.807, 2.05) is 0 Å². The number of likely N-dealkylation sites (N-methyl/N-ethyl adjacent to an activating group) is 1. The minimum absolute atomic E-state index is 0.290. The Balaban J connectivity index is 1.57. The van der Waals surface area contributed by atoms with Crippen molar-refractivity contribution in [2.45, 2.75) is 38.7 Å². The monoisotopic (exact) mass is 327 g/mol. The molecular weight excluding hydrogens is 294 g/mol. The van der Waals surface area contributed by atoms with Crippen molar-refractivity contribution in [1.29, 1.82) is 0 Å². The Morgan fingerprint density at radius 1 is 1.22 bits per heavy atom. The second-order valence-electron chi connectivity index (χ2n) is 6.39. The lowest BCUT2D eigenvalue weighted by molar-refractivity contribution is 0.0199. The molecule has 23 heavy (non-hydrogen) atoms. The Morgan fingerprint density at radius 2 is 2.04 bits per heavy atom. The van der Waals surface area contributed by atoms with Gasteiger partial charge in [-0.3, -0.25) is 4.99 Å². The molecule has 1 atom stereocenters. The lowest BCUT2D eigenvalue weighted by Gasteiger charge is -2.22. The first-order chi connectivity index (χ1) is 11.3. The number of nitrogens with one attached hydrogen (secondary N) is 1. The standard InChI is InChI=1S/C17H33N3O3/c1-3-18-17(20(2)9-12-22-13-15-6-7-15)19-8-11-21-14-16-5-4-10-23-16/h15-16H,3-14H2,1-2H3,(H,18,19). The van der Waals surface area contributed by atoms with Crippen molar-refractivity contribution in [2.24, 2.45) is 10.9 Å². The van der Waals surface area contributed by atoms with Crippen LogP contribution in [0.3, 0.4) is 0 Å². The maximum absolute atomic E-state index is 5.69. The summed E-state index contributed by atoms with van der Waals surface area (Å²) in [6.45, 7) is 8.36. The van der Waals surface area contributed by atoms with Crippen LogP contribution in [0.15, 0.2) is 4.99 Å². The summed E-state index contributed by atoms with van der Waals surface area (Å²) < 4.78 is 16.9. The highest BCUT2D eigenvalue weighted by Gasteiger charge is 2.21. The summed E-state index contributed by atoms with van der Waals surface area (Å²) in [5.41, 5.74) is 0. The van der Waals surface area contributed by atoms with E-state index in [1.54, 1.807) is 0 Å². The Labute approximate surface area is 140 Å². The van der Waals surface area contributed by atoms with E-state index >= 15 is 0 Å².